The summed E-state index contributed by atoms with van der Waals surface area (Å²) in [6.07, 6.45) is 8.51. The van der Waals surface area contributed by atoms with Crippen LogP contribution in [0.15, 0.2) is 53.5 Å². The van der Waals surface area contributed by atoms with Gasteiger partial charge in [0, 0.05) is 0 Å². The predicted octanol–water partition coefficient (Wildman–Crippen LogP) is 5.82. The summed E-state index contributed by atoms with van der Waals surface area (Å²) in [7, 11) is 0. The van der Waals surface area contributed by atoms with Crippen LogP contribution in [0.3, 0.4) is 0 Å². The van der Waals surface area contributed by atoms with Gasteiger partial charge >= 0.3 is 0 Å². The van der Waals surface area contributed by atoms with E-state index in [0.29, 0.717) is 5.71 Å². The average molecular weight is 318 g/mol. The van der Waals surface area contributed by atoms with E-state index in [-0.39, 0.29) is 0 Å². The Kier molecular flexibility index (Phi) is 5.28. The van der Waals surface area contributed by atoms with Crippen molar-refractivity contribution in [3.63, 3.8) is 0 Å². The fraction of sp³-hybridized carbons (Fsp3) is 0.333. The minimum Gasteiger partial charge on any atom is -0.457 e. The third-order valence-electron chi connectivity index (χ3n) is 4.68. The number of aliphatic imine (C=N–C) groups is 1. The molecule has 122 valence electrons. The van der Waals surface area contributed by atoms with E-state index in [1.165, 1.54) is 37.7 Å². The second kappa shape index (κ2) is 7.79. The monoisotopic (exact) mass is 318 g/mol. The fourth-order valence-corrected chi connectivity index (χ4v) is 3.28. The van der Waals surface area contributed by atoms with Gasteiger partial charge in [-0.1, -0.05) is 31.4 Å². The van der Waals surface area contributed by atoms with Crippen molar-refractivity contribution in [3.05, 3.63) is 59.7 Å². The first-order chi connectivity index (χ1) is 11.8. The highest BCUT2D eigenvalue weighted by Crippen LogP contribution is 2.33. The van der Waals surface area contributed by atoms with Crippen LogP contribution in [-0.4, -0.2) is 5.71 Å². The molecule has 0 radical (unpaired) electrons. The molecular weight excluding hydrogens is 296 g/mol. The quantitative estimate of drug-likeness (QED) is 0.527. The van der Waals surface area contributed by atoms with Crippen molar-refractivity contribution in [2.45, 2.75) is 44.9 Å². The number of benzene rings is 2. The Labute approximate surface area is 143 Å². The summed E-state index contributed by atoms with van der Waals surface area (Å²) in [6.45, 7) is 1.82. The van der Waals surface area contributed by atoms with Crippen molar-refractivity contribution in [2.24, 2.45) is 4.99 Å². The van der Waals surface area contributed by atoms with Crippen LogP contribution >= 0.6 is 0 Å². The molecule has 2 aromatic rings. The predicted molar refractivity (Wildman–Crippen MR) is 96.6 cm³/mol. The van der Waals surface area contributed by atoms with Gasteiger partial charge in [-0.2, -0.15) is 10.3 Å². The van der Waals surface area contributed by atoms with Crippen LogP contribution in [0.25, 0.3) is 0 Å². The lowest BCUT2D eigenvalue weighted by molar-refractivity contribution is 0.442. The molecule has 0 spiro atoms. The lowest BCUT2D eigenvalue weighted by Gasteiger charge is -2.22. The average Bonchev–Trinajstić information content (AvgIpc) is 2.64. The van der Waals surface area contributed by atoms with Gasteiger partial charge in [0.1, 0.15) is 11.5 Å². The Morgan fingerprint density at radius 1 is 0.958 bits per heavy atom. The molecule has 1 fully saturated rings. The van der Waals surface area contributed by atoms with E-state index in [1.54, 1.807) is 0 Å². The minimum absolute atomic E-state index is 0.709. The highest BCUT2D eigenvalue weighted by Gasteiger charge is 2.15. The first-order valence-electron chi connectivity index (χ1n) is 8.58. The van der Waals surface area contributed by atoms with Crippen LogP contribution in [0, 0.1) is 11.5 Å². The van der Waals surface area contributed by atoms with Gasteiger partial charge in [0.25, 0.3) is 0 Å². The smallest absolute Gasteiger partial charge is 0.205 e. The first kappa shape index (κ1) is 16.3. The number of ether oxygens (including phenoxy) is 1. The molecule has 0 aromatic heterocycles. The number of hydrogen-bond donors (Lipinski definition) is 0. The van der Waals surface area contributed by atoms with Crippen molar-refractivity contribution in [2.75, 3.05) is 0 Å². The van der Waals surface area contributed by atoms with Gasteiger partial charge in [-0.15, -0.1) is 0 Å². The van der Waals surface area contributed by atoms with Gasteiger partial charge in [-0.05, 0) is 73.2 Å². The van der Waals surface area contributed by atoms with Gasteiger partial charge in [-0.3, -0.25) is 0 Å². The Bertz CT molecular complexity index is 733. The molecule has 0 atom stereocenters. The third-order valence-corrected chi connectivity index (χ3v) is 4.68. The van der Waals surface area contributed by atoms with Crippen LogP contribution < -0.4 is 4.74 Å². The topological polar surface area (TPSA) is 45.4 Å². The molecule has 0 unspecified atom stereocenters. The van der Waals surface area contributed by atoms with E-state index in [2.05, 4.69) is 29.3 Å². The van der Waals surface area contributed by atoms with Crippen molar-refractivity contribution >= 4 is 5.71 Å². The standard InChI is InChI=1S/C21H22N2O/c1-16(23-15-22)17-7-11-20(12-8-17)24-21-13-9-19(10-14-21)18-5-3-2-4-6-18/h7-14,18H,2-6H2,1H3. The summed E-state index contributed by atoms with van der Waals surface area (Å²) in [4.78, 5) is 3.74. The molecular formula is C21H22N2O. The van der Waals surface area contributed by atoms with Crippen LogP contribution in [0.5, 0.6) is 11.5 Å². The first-order valence-corrected chi connectivity index (χ1v) is 8.58. The fourth-order valence-electron chi connectivity index (χ4n) is 3.28. The van der Waals surface area contributed by atoms with Crippen LogP contribution in [-0.2, 0) is 0 Å². The summed E-state index contributed by atoms with van der Waals surface area (Å²) in [5.41, 5.74) is 3.07. The summed E-state index contributed by atoms with van der Waals surface area (Å²) < 4.78 is 5.91. The van der Waals surface area contributed by atoms with Crippen molar-refractivity contribution < 1.29 is 4.74 Å². The summed E-state index contributed by atoms with van der Waals surface area (Å²) in [5, 5.41) is 8.60. The van der Waals surface area contributed by atoms with Gasteiger partial charge < -0.3 is 4.74 Å². The van der Waals surface area contributed by atoms with Gasteiger partial charge in [0.2, 0.25) is 6.19 Å². The Hall–Kier alpha value is -2.60. The maximum absolute atomic E-state index is 8.60. The molecule has 0 saturated heterocycles. The van der Waals surface area contributed by atoms with E-state index in [1.807, 2.05) is 37.4 Å². The van der Waals surface area contributed by atoms with E-state index >= 15 is 0 Å². The molecule has 2 aromatic carbocycles. The van der Waals surface area contributed by atoms with E-state index in [4.69, 9.17) is 10.00 Å². The molecule has 1 aliphatic rings. The lowest BCUT2D eigenvalue weighted by atomic mass is 9.84. The largest absolute Gasteiger partial charge is 0.457 e. The Morgan fingerprint density at radius 2 is 1.54 bits per heavy atom. The highest BCUT2D eigenvalue weighted by atomic mass is 16.5. The second-order valence-electron chi connectivity index (χ2n) is 6.33. The summed E-state index contributed by atoms with van der Waals surface area (Å²) >= 11 is 0. The zero-order valence-corrected chi connectivity index (χ0v) is 14.0. The molecule has 0 N–H and O–H groups in total. The third kappa shape index (κ3) is 4.02. The van der Waals surface area contributed by atoms with Crippen LogP contribution in [0.2, 0.25) is 0 Å². The molecule has 0 aliphatic heterocycles. The maximum atomic E-state index is 8.60. The zero-order valence-electron chi connectivity index (χ0n) is 14.0. The van der Waals surface area contributed by atoms with Crippen LogP contribution in [0.4, 0.5) is 0 Å². The second-order valence-corrected chi connectivity index (χ2v) is 6.33. The molecule has 1 aliphatic carbocycles. The number of nitriles is 1. The van der Waals surface area contributed by atoms with Gasteiger partial charge in [-0.25, -0.2) is 0 Å². The number of nitrogens with zero attached hydrogens (tertiary/aromatic N) is 2. The molecule has 0 amide bonds. The normalized spacial score (nSPS) is 15.8. The minimum atomic E-state index is 0.709. The van der Waals surface area contributed by atoms with E-state index in [0.717, 1.165) is 23.0 Å². The highest BCUT2D eigenvalue weighted by molar-refractivity contribution is 5.99. The van der Waals surface area contributed by atoms with Gasteiger partial charge in [0.15, 0.2) is 0 Å². The molecule has 24 heavy (non-hydrogen) atoms. The van der Waals surface area contributed by atoms with E-state index < -0.39 is 0 Å². The Morgan fingerprint density at radius 3 is 2.12 bits per heavy atom. The summed E-state index contributed by atoms with van der Waals surface area (Å²) in [6, 6.07) is 16.2. The van der Waals surface area contributed by atoms with Gasteiger partial charge in [0.05, 0.1) is 5.71 Å². The SMILES string of the molecule is CC(=NC#N)c1ccc(Oc2ccc(C3CCCCC3)cc2)cc1. The Balaban J connectivity index is 1.65. The van der Waals surface area contributed by atoms with Crippen molar-refractivity contribution in [3.8, 4) is 17.7 Å². The summed E-state index contributed by atoms with van der Waals surface area (Å²) in [5.74, 6) is 2.35. The molecule has 3 rings (SSSR count). The molecule has 3 nitrogen and oxygen atoms in total. The zero-order chi connectivity index (χ0) is 16.8. The van der Waals surface area contributed by atoms with Crippen molar-refractivity contribution in [1.82, 2.24) is 0 Å². The lowest BCUT2D eigenvalue weighted by Crippen LogP contribution is -2.04. The van der Waals surface area contributed by atoms with E-state index in [9.17, 15) is 0 Å². The van der Waals surface area contributed by atoms with Crippen molar-refractivity contribution in [1.29, 1.82) is 5.26 Å². The molecule has 3 heteroatoms. The number of rotatable bonds is 4. The number of hydrogen-bond acceptors (Lipinski definition) is 3. The molecule has 0 heterocycles. The maximum Gasteiger partial charge on any atom is 0.205 e. The van der Waals surface area contributed by atoms with Crippen LogP contribution in [0.1, 0.15) is 56.1 Å². The molecule has 0 bridgehead atoms. The molecule has 1 saturated carbocycles.